The summed E-state index contributed by atoms with van der Waals surface area (Å²) >= 11 is 1.56. The molecule has 1 N–H and O–H groups in total. The molecule has 3 heterocycles. The summed E-state index contributed by atoms with van der Waals surface area (Å²) in [5.41, 5.74) is 1.44. The van der Waals surface area contributed by atoms with Gasteiger partial charge in [-0.15, -0.1) is 10.2 Å². The Bertz CT molecular complexity index is 1040. The van der Waals surface area contributed by atoms with E-state index in [1.807, 2.05) is 16.8 Å². The molecule has 0 atom stereocenters. The van der Waals surface area contributed by atoms with Crippen LogP contribution in [0.1, 0.15) is 5.56 Å². The van der Waals surface area contributed by atoms with E-state index in [1.165, 1.54) is 23.0 Å². The maximum absolute atomic E-state index is 11.7. The molecule has 0 aliphatic rings. The van der Waals surface area contributed by atoms with Crippen molar-refractivity contribution in [3.8, 4) is 17.1 Å². The van der Waals surface area contributed by atoms with Gasteiger partial charge in [-0.2, -0.15) is 16.1 Å². The van der Waals surface area contributed by atoms with Crippen molar-refractivity contribution in [1.29, 1.82) is 0 Å². The topological polar surface area (TPSA) is 94.0 Å². The average Bonchev–Trinajstić information content (AvgIpc) is 3.17. The Morgan fingerprint density at radius 3 is 3.00 bits per heavy atom. The number of hydrogen-bond acceptors (Lipinski definition) is 7. The highest BCUT2D eigenvalue weighted by Gasteiger charge is 2.10. The summed E-state index contributed by atoms with van der Waals surface area (Å²) in [6.45, 7) is 0.282. The second-order valence-corrected chi connectivity index (χ2v) is 5.71. The highest BCUT2D eigenvalue weighted by Crippen LogP contribution is 2.22. The number of rotatable bonds is 3. The average molecular weight is 326 g/mol. The number of phenols is 1. The first-order valence-electron chi connectivity index (χ1n) is 6.75. The number of aromatic hydroxyl groups is 1. The van der Waals surface area contributed by atoms with Gasteiger partial charge in [-0.05, 0) is 34.4 Å². The minimum absolute atomic E-state index is 0.0384. The minimum atomic E-state index is -0.490. The third kappa shape index (κ3) is 2.59. The van der Waals surface area contributed by atoms with Crippen LogP contribution >= 0.6 is 11.3 Å². The van der Waals surface area contributed by atoms with E-state index >= 15 is 0 Å². The molecule has 0 fully saturated rings. The molecule has 0 bridgehead atoms. The monoisotopic (exact) mass is 326 g/mol. The first-order chi connectivity index (χ1) is 11.2. The summed E-state index contributed by atoms with van der Waals surface area (Å²) in [5, 5.41) is 26.5. The van der Waals surface area contributed by atoms with Crippen LogP contribution in [0.25, 0.3) is 22.4 Å². The molecule has 0 unspecified atom stereocenters. The molecule has 0 amide bonds. The number of fused-ring (bicyclic) bond motifs is 1. The number of tetrazole rings is 1. The Balaban J connectivity index is 1.74. The molecule has 0 radical (unpaired) electrons. The second-order valence-electron chi connectivity index (χ2n) is 4.93. The van der Waals surface area contributed by atoms with Gasteiger partial charge >= 0.3 is 5.63 Å². The zero-order valence-electron chi connectivity index (χ0n) is 11.7. The van der Waals surface area contributed by atoms with Crippen LogP contribution in [0, 0.1) is 0 Å². The van der Waals surface area contributed by atoms with Crippen LogP contribution in [0.2, 0.25) is 0 Å². The minimum Gasteiger partial charge on any atom is -0.508 e. The largest absolute Gasteiger partial charge is 0.508 e. The molecule has 4 aromatic rings. The van der Waals surface area contributed by atoms with E-state index < -0.39 is 5.63 Å². The summed E-state index contributed by atoms with van der Waals surface area (Å²) in [5.74, 6) is 0.576. The standard InChI is InChI=1S/C15H10N4O3S/c20-11-1-2-12-10(5-14(21)22-13(12)6-11)7-19-17-15(16-18-19)9-3-4-23-8-9/h1-6,8,20H,7H2. The molecular formula is C15H10N4O3S. The predicted octanol–water partition coefficient (Wildman–Crippen LogP) is 2.26. The molecule has 0 saturated heterocycles. The van der Waals surface area contributed by atoms with Crippen molar-refractivity contribution >= 4 is 22.3 Å². The van der Waals surface area contributed by atoms with Crippen molar-refractivity contribution in [2.75, 3.05) is 0 Å². The fourth-order valence-corrected chi connectivity index (χ4v) is 2.95. The van der Waals surface area contributed by atoms with Gasteiger partial charge in [0.2, 0.25) is 5.82 Å². The van der Waals surface area contributed by atoms with Crippen LogP contribution in [-0.4, -0.2) is 25.3 Å². The summed E-state index contributed by atoms with van der Waals surface area (Å²) in [7, 11) is 0. The molecule has 0 aliphatic heterocycles. The molecule has 114 valence electrons. The lowest BCUT2D eigenvalue weighted by molar-refractivity contribution is 0.473. The first-order valence-corrected chi connectivity index (χ1v) is 7.69. The zero-order chi connectivity index (χ0) is 15.8. The molecule has 0 saturated carbocycles. The Kier molecular flexibility index (Phi) is 3.16. The third-order valence-corrected chi connectivity index (χ3v) is 4.04. The van der Waals surface area contributed by atoms with E-state index in [1.54, 1.807) is 17.4 Å². The van der Waals surface area contributed by atoms with E-state index in [4.69, 9.17) is 4.42 Å². The molecule has 4 rings (SSSR count). The normalized spacial score (nSPS) is 11.1. The van der Waals surface area contributed by atoms with Crippen LogP contribution in [-0.2, 0) is 6.54 Å². The SMILES string of the molecule is O=c1cc(Cn2nnc(-c3ccsc3)n2)c2ccc(O)cc2o1. The van der Waals surface area contributed by atoms with E-state index in [2.05, 4.69) is 15.4 Å². The Labute approximate surface area is 133 Å². The van der Waals surface area contributed by atoms with Gasteiger partial charge in [-0.25, -0.2) is 4.79 Å². The summed E-state index contributed by atoms with van der Waals surface area (Å²) in [6, 6.07) is 7.96. The fraction of sp³-hybridized carbons (Fsp3) is 0.0667. The van der Waals surface area contributed by atoms with Crippen molar-refractivity contribution in [2.24, 2.45) is 0 Å². The lowest BCUT2D eigenvalue weighted by Gasteiger charge is -2.04. The molecule has 23 heavy (non-hydrogen) atoms. The molecule has 8 heteroatoms. The highest BCUT2D eigenvalue weighted by molar-refractivity contribution is 7.08. The lowest BCUT2D eigenvalue weighted by Crippen LogP contribution is -2.08. The van der Waals surface area contributed by atoms with Gasteiger partial charge in [0.1, 0.15) is 11.3 Å². The number of benzene rings is 1. The Hall–Kier alpha value is -3.00. The van der Waals surface area contributed by atoms with Gasteiger partial charge in [-0.3, -0.25) is 0 Å². The van der Waals surface area contributed by atoms with Crippen molar-refractivity contribution in [2.45, 2.75) is 6.54 Å². The molecular weight excluding hydrogens is 316 g/mol. The van der Waals surface area contributed by atoms with Crippen molar-refractivity contribution in [1.82, 2.24) is 20.2 Å². The molecule has 7 nitrogen and oxygen atoms in total. The molecule has 0 aliphatic carbocycles. The van der Waals surface area contributed by atoms with Crippen molar-refractivity contribution in [3.05, 3.63) is 57.1 Å². The van der Waals surface area contributed by atoms with E-state index in [0.29, 0.717) is 17.0 Å². The fourth-order valence-electron chi connectivity index (χ4n) is 2.32. The predicted molar refractivity (Wildman–Crippen MR) is 84.4 cm³/mol. The molecule has 1 aromatic carbocycles. The Morgan fingerprint density at radius 2 is 2.17 bits per heavy atom. The van der Waals surface area contributed by atoms with Crippen LogP contribution in [0.3, 0.4) is 0 Å². The summed E-state index contributed by atoms with van der Waals surface area (Å²) < 4.78 is 5.11. The maximum atomic E-state index is 11.7. The van der Waals surface area contributed by atoms with Crippen molar-refractivity contribution < 1.29 is 9.52 Å². The van der Waals surface area contributed by atoms with Gasteiger partial charge in [-0.1, -0.05) is 0 Å². The number of phenolic OH excluding ortho intramolecular Hbond substituents is 1. The summed E-state index contributed by atoms with van der Waals surface area (Å²) in [6.07, 6.45) is 0. The number of thiophene rings is 1. The zero-order valence-corrected chi connectivity index (χ0v) is 12.5. The van der Waals surface area contributed by atoms with Gasteiger partial charge < -0.3 is 9.52 Å². The smallest absolute Gasteiger partial charge is 0.336 e. The number of aromatic nitrogens is 4. The summed E-state index contributed by atoms with van der Waals surface area (Å²) in [4.78, 5) is 13.1. The van der Waals surface area contributed by atoms with E-state index in [9.17, 15) is 9.90 Å². The van der Waals surface area contributed by atoms with Crippen LogP contribution in [0.4, 0.5) is 0 Å². The number of nitrogens with zero attached hydrogens (tertiary/aromatic N) is 4. The van der Waals surface area contributed by atoms with Crippen LogP contribution in [0.5, 0.6) is 5.75 Å². The van der Waals surface area contributed by atoms with Gasteiger partial charge in [0.15, 0.2) is 0 Å². The third-order valence-electron chi connectivity index (χ3n) is 3.36. The first kappa shape index (κ1) is 13.6. The van der Waals surface area contributed by atoms with E-state index in [0.717, 1.165) is 10.9 Å². The van der Waals surface area contributed by atoms with E-state index in [-0.39, 0.29) is 12.3 Å². The molecule has 3 aromatic heterocycles. The quantitative estimate of drug-likeness (QED) is 0.580. The van der Waals surface area contributed by atoms with Crippen LogP contribution < -0.4 is 5.63 Å². The molecule has 0 spiro atoms. The van der Waals surface area contributed by atoms with Gasteiger partial charge in [0, 0.05) is 28.5 Å². The highest BCUT2D eigenvalue weighted by atomic mass is 32.1. The van der Waals surface area contributed by atoms with Crippen LogP contribution in [0.15, 0.2) is 50.3 Å². The number of hydrogen-bond donors (Lipinski definition) is 1. The lowest BCUT2D eigenvalue weighted by atomic mass is 10.1. The second kappa shape index (κ2) is 5.33. The van der Waals surface area contributed by atoms with Gasteiger partial charge in [0.05, 0.1) is 6.54 Å². The maximum Gasteiger partial charge on any atom is 0.336 e. The van der Waals surface area contributed by atoms with Gasteiger partial charge in [0.25, 0.3) is 0 Å². The van der Waals surface area contributed by atoms with Crippen molar-refractivity contribution in [3.63, 3.8) is 0 Å². The Morgan fingerprint density at radius 1 is 1.26 bits per heavy atom.